The van der Waals surface area contributed by atoms with Crippen LogP contribution in [0.15, 0.2) is 83.4 Å². The van der Waals surface area contributed by atoms with Crippen molar-refractivity contribution in [2.45, 2.75) is 33.5 Å². The number of aryl methyl sites for hydroxylation is 2. The number of methoxy groups -OCH3 is 1. The molecule has 6 nitrogen and oxygen atoms in total. The number of ether oxygens (including phenoxy) is 2. The monoisotopic (exact) mass is 456 g/mol. The van der Waals surface area contributed by atoms with Crippen molar-refractivity contribution in [3.63, 3.8) is 0 Å². The summed E-state index contributed by atoms with van der Waals surface area (Å²) < 4.78 is 16.7. The summed E-state index contributed by atoms with van der Waals surface area (Å²) in [5, 5.41) is 3.96. The molecular weight excluding hydrogens is 428 g/mol. The topological polar surface area (TPSA) is 64.8 Å². The van der Waals surface area contributed by atoms with Crippen LogP contribution in [0.4, 0.5) is 0 Å². The predicted molar refractivity (Wildman–Crippen MR) is 130 cm³/mol. The third-order valence-electron chi connectivity index (χ3n) is 5.68. The van der Waals surface area contributed by atoms with Crippen molar-refractivity contribution in [3.05, 3.63) is 113 Å². The fraction of sp³-hybridized carbons (Fsp3) is 0.214. The summed E-state index contributed by atoms with van der Waals surface area (Å²) in [5.74, 6) is 1.69. The molecule has 0 saturated carbocycles. The molecule has 1 heterocycles. The molecule has 174 valence electrons. The van der Waals surface area contributed by atoms with Gasteiger partial charge in [-0.25, -0.2) is 0 Å². The third-order valence-corrected chi connectivity index (χ3v) is 5.68. The van der Waals surface area contributed by atoms with Gasteiger partial charge in [-0.2, -0.15) is 0 Å². The SMILES string of the molecule is COc1cc(C(=O)N(Cc2ccccc2)Cc2ccccc2)ccc1OCc1c(C)noc1C. The number of hydrogen-bond donors (Lipinski definition) is 0. The Morgan fingerprint density at radius 2 is 1.50 bits per heavy atom. The van der Waals surface area contributed by atoms with E-state index in [0.717, 1.165) is 28.1 Å². The molecule has 1 amide bonds. The van der Waals surface area contributed by atoms with E-state index < -0.39 is 0 Å². The predicted octanol–water partition coefficient (Wildman–Crippen LogP) is 5.72. The highest BCUT2D eigenvalue weighted by Gasteiger charge is 2.19. The number of benzene rings is 3. The van der Waals surface area contributed by atoms with Gasteiger partial charge in [-0.1, -0.05) is 65.8 Å². The van der Waals surface area contributed by atoms with E-state index in [4.69, 9.17) is 14.0 Å². The maximum atomic E-state index is 13.6. The lowest BCUT2D eigenvalue weighted by molar-refractivity contribution is 0.0729. The minimum atomic E-state index is -0.0803. The zero-order valence-corrected chi connectivity index (χ0v) is 19.7. The van der Waals surface area contributed by atoms with Crippen molar-refractivity contribution in [2.75, 3.05) is 7.11 Å². The maximum absolute atomic E-state index is 13.6. The Labute approximate surface area is 199 Å². The second-order valence-corrected chi connectivity index (χ2v) is 8.09. The van der Waals surface area contributed by atoms with Crippen LogP contribution < -0.4 is 9.47 Å². The zero-order valence-electron chi connectivity index (χ0n) is 19.7. The molecule has 3 aromatic carbocycles. The van der Waals surface area contributed by atoms with Gasteiger partial charge in [0.25, 0.3) is 5.91 Å². The number of amides is 1. The number of rotatable bonds is 9. The second-order valence-electron chi connectivity index (χ2n) is 8.09. The first-order valence-corrected chi connectivity index (χ1v) is 11.1. The third kappa shape index (κ3) is 5.46. The van der Waals surface area contributed by atoms with Crippen LogP contribution >= 0.6 is 0 Å². The lowest BCUT2D eigenvalue weighted by Gasteiger charge is -2.24. The molecule has 0 N–H and O–H groups in total. The Morgan fingerprint density at radius 3 is 2.03 bits per heavy atom. The molecule has 1 aromatic heterocycles. The summed E-state index contributed by atoms with van der Waals surface area (Å²) >= 11 is 0. The summed E-state index contributed by atoms with van der Waals surface area (Å²) in [6.07, 6.45) is 0. The standard InChI is InChI=1S/C28H28N2O4/c1-20-25(21(2)34-29-20)19-33-26-15-14-24(16-27(26)32-3)28(31)30(17-22-10-6-4-7-11-22)18-23-12-8-5-9-13-23/h4-16H,17-19H2,1-3H3. The van der Waals surface area contributed by atoms with E-state index in [1.807, 2.05) is 79.4 Å². The number of carbonyl (C=O) groups excluding carboxylic acids is 1. The van der Waals surface area contributed by atoms with Gasteiger partial charge in [0, 0.05) is 18.7 Å². The van der Waals surface area contributed by atoms with Crippen LogP contribution in [0.5, 0.6) is 11.5 Å². The maximum Gasteiger partial charge on any atom is 0.254 e. The van der Waals surface area contributed by atoms with Crippen LogP contribution in [0.3, 0.4) is 0 Å². The fourth-order valence-electron chi connectivity index (χ4n) is 3.77. The molecule has 4 rings (SSSR count). The molecule has 0 unspecified atom stereocenters. The quantitative estimate of drug-likeness (QED) is 0.322. The Morgan fingerprint density at radius 1 is 0.882 bits per heavy atom. The minimum Gasteiger partial charge on any atom is -0.493 e. The van der Waals surface area contributed by atoms with Gasteiger partial charge in [0.2, 0.25) is 0 Å². The minimum absolute atomic E-state index is 0.0803. The van der Waals surface area contributed by atoms with Crippen LogP contribution in [0.1, 0.15) is 38.5 Å². The van der Waals surface area contributed by atoms with Crippen molar-refractivity contribution >= 4 is 5.91 Å². The van der Waals surface area contributed by atoms with E-state index >= 15 is 0 Å². The van der Waals surface area contributed by atoms with E-state index in [1.54, 1.807) is 25.3 Å². The molecule has 0 aliphatic rings. The Kier molecular flexibility index (Phi) is 7.28. The van der Waals surface area contributed by atoms with E-state index in [9.17, 15) is 4.79 Å². The van der Waals surface area contributed by atoms with Crippen LogP contribution in [-0.2, 0) is 19.7 Å². The average Bonchev–Trinajstić information content (AvgIpc) is 3.20. The molecule has 0 aliphatic heterocycles. The van der Waals surface area contributed by atoms with Gasteiger partial charge in [-0.3, -0.25) is 4.79 Å². The Bertz CT molecular complexity index is 1180. The van der Waals surface area contributed by atoms with Crippen molar-refractivity contribution < 1.29 is 18.8 Å². The summed E-state index contributed by atoms with van der Waals surface area (Å²) in [5.41, 5.74) is 4.37. The molecule has 4 aromatic rings. The zero-order chi connectivity index (χ0) is 23.9. The molecule has 0 radical (unpaired) electrons. The molecule has 0 saturated heterocycles. The number of hydrogen-bond acceptors (Lipinski definition) is 5. The van der Waals surface area contributed by atoms with Gasteiger partial charge in [0.05, 0.1) is 18.4 Å². The van der Waals surface area contributed by atoms with E-state index in [2.05, 4.69) is 5.16 Å². The molecular formula is C28H28N2O4. The average molecular weight is 457 g/mol. The van der Waals surface area contributed by atoms with Gasteiger partial charge in [0.1, 0.15) is 12.4 Å². The van der Waals surface area contributed by atoms with Crippen molar-refractivity contribution in [1.29, 1.82) is 0 Å². The van der Waals surface area contributed by atoms with Crippen molar-refractivity contribution in [1.82, 2.24) is 10.1 Å². The van der Waals surface area contributed by atoms with Gasteiger partial charge >= 0.3 is 0 Å². The van der Waals surface area contributed by atoms with Crippen molar-refractivity contribution in [2.24, 2.45) is 0 Å². The molecule has 6 heteroatoms. The van der Waals surface area contributed by atoms with Crippen LogP contribution in [0.2, 0.25) is 0 Å². The van der Waals surface area contributed by atoms with Gasteiger partial charge in [0.15, 0.2) is 11.5 Å². The summed E-state index contributed by atoms with van der Waals surface area (Å²) in [7, 11) is 1.57. The highest BCUT2D eigenvalue weighted by Crippen LogP contribution is 2.30. The molecule has 34 heavy (non-hydrogen) atoms. The van der Waals surface area contributed by atoms with Crippen molar-refractivity contribution in [3.8, 4) is 11.5 Å². The van der Waals surface area contributed by atoms with Gasteiger partial charge in [-0.05, 0) is 43.2 Å². The number of nitrogens with zero attached hydrogens (tertiary/aromatic N) is 2. The molecule has 0 fully saturated rings. The van der Waals surface area contributed by atoms with Crippen LogP contribution in [-0.4, -0.2) is 23.1 Å². The fourth-order valence-corrected chi connectivity index (χ4v) is 3.77. The van der Waals surface area contributed by atoms with E-state index in [0.29, 0.717) is 36.8 Å². The number of carbonyl (C=O) groups is 1. The lowest BCUT2D eigenvalue weighted by Crippen LogP contribution is -2.30. The normalized spacial score (nSPS) is 10.7. The van der Waals surface area contributed by atoms with Crippen LogP contribution in [0.25, 0.3) is 0 Å². The molecule has 0 atom stereocenters. The first kappa shape index (κ1) is 23.1. The first-order valence-electron chi connectivity index (χ1n) is 11.1. The smallest absolute Gasteiger partial charge is 0.254 e. The molecule has 0 aliphatic carbocycles. The van der Waals surface area contributed by atoms with E-state index in [-0.39, 0.29) is 5.91 Å². The highest BCUT2D eigenvalue weighted by molar-refractivity contribution is 5.95. The number of aromatic nitrogens is 1. The van der Waals surface area contributed by atoms with Gasteiger partial charge in [-0.15, -0.1) is 0 Å². The first-order chi connectivity index (χ1) is 16.5. The second kappa shape index (κ2) is 10.7. The summed E-state index contributed by atoms with van der Waals surface area (Å²) in [6, 6.07) is 25.2. The summed E-state index contributed by atoms with van der Waals surface area (Å²) in [4.78, 5) is 15.4. The van der Waals surface area contributed by atoms with Crippen LogP contribution in [0, 0.1) is 13.8 Å². The van der Waals surface area contributed by atoms with E-state index in [1.165, 1.54) is 0 Å². The molecule has 0 spiro atoms. The summed E-state index contributed by atoms with van der Waals surface area (Å²) in [6.45, 7) is 5.04. The lowest BCUT2D eigenvalue weighted by atomic mass is 10.1. The Balaban J connectivity index is 1.56. The largest absolute Gasteiger partial charge is 0.493 e. The Hall–Kier alpha value is -4.06. The molecule has 0 bridgehead atoms. The van der Waals surface area contributed by atoms with Gasteiger partial charge < -0.3 is 18.9 Å². The highest BCUT2D eigenvalue weighted by atomic mass is 16.5.